The lowest BCUT2D eigenvalue weighted by Crippen LogP contribution is -2.65. The Kier molecular flexibility index (Phi) is 7.14. The number of hydrogen-bond acceptors (Lipinski definition) is 8. The molecule has 2 aliphatic heterocycles. The van der Waals surface area contributed by atoms with Crippen LogP contribution in [0, 0.1) is 0 Å². The molecule has 0 bridgehead atoms. The van der Waals surface area contributed by atoms with Crippen LogP contribution in [0.5, 0.6) is 5.75 Å². The third-order valence-electron chi connectivity index (χ3n) is 5.43. The van der Waals surface area contributed by atoms with E-state index < -0.39 is 43.2 Å². The van der Waals surface area contributed by atoms with Crippen molar-refractivity contribution in [3.05, 3.63) is 24.3 Å². The number of aliphatic hydroxyl groups is 3. The number of piperazine rings is 1. The van der Waals surface area contributed by atoms with Gasteiger partial charge in [-0.15, -0.1) is 0 Å². The zero-order chi connectivity index (χ0) is 21.8. The highest BCUT2D eigenvalue weighted by Gasteiger charge is 2.46. The van der Waals surface area contributed by atoms with Crippen molar-refractivity contribution >= 4 is 17.5 Å². The second kappa shape index (κ2) is 9.61. The van der Waals surface area contributed by atoms with Crippen LogP contribution in [0.15, 0.2) is 24.3 Å². The van der Waals surface area contributed by atoms with Crippen LogP contribution in [0.3, 0.4) is 0 Å². The van der Waals surface area contributed by atoms with E-state index >= 15 is 0 Å². The lowest BCUT2D eigenvalue weighted by molar-refractivity contribution is -0.244. The summed E-state index contributed by atoms with van der Waals surface area (Å²) in [4.78, 5) is 26.9. The van der Waals surface area contributed by atoms with Gasteiger partial charge in [0.05, 0.1) is 6.61 Å². The number of nitrogens with zero attached hydrogens (tertiary/aromatic N) is 2. The van der Waals surface area contributed by atoms with Crippen LogP contribution in [0.2, 0.25) is 0 Å². The Balaban J connectivity index is 1.67. The van der Waals surface area contributed by atoms with E-state index in [1.165, 1.54) is 6.92 Å². The highest BCUT2D eigenvalue weighted by Crippen LogP contribution is 2.26. The van der Waals surface area contributed by atoms with Crippen LogP contribution in [0.25, 0.3) is 0 Å². The van der Waals surface area contributed by atoms with Crippen molar-refractivity contribution in [3.8, 4) is 5.75 Å². The lowest BCUT2D eigenvalue weighted by atomic mass is 9.97. The number of carbonyl (C=O) groups is 2. The molecule has 1 aromatic rings. The van der Waals surface area contributed by atoms with E-state index in [1.54, 1.807) is 19.1 Å². The van der Waals surface area contributed by atoms with Crippen molar-refractivity contribution < 1.29 is 34.4 Å². The van der Waals surface area contributed by atoms with E-state index in [9.17, 15) is 24.9 Å². The maximum Gasteiger partial charge on any atom is 0.223 e. The minimum absolute atomic E-state index is 0.0769. The molecule has 0 saturated carbocycles. The number of ether oxygens (including phenoxy) is 2. The Hall–Kier alpha value is -2.40. The first-order chi connectivity index (χ1) is 14.3. The van der Waals surface area contributed by atoms with E-state index in [1.807, 2.05) is 17.0 Å². The Labute approximate surface area is 175 Å². The van der Waals surface area contributed by atoms with Crippen LogP contribution in [0.1, 0.15) is 13.8 Å². The third kappa shape index (κ3) is 5.01. The van der Waals surface area contributed by atoms with Gasteiger partial charge in [0.15, 0.2) is 0 Å². The fraction of sp³-hybridized carbons (Fsp3) is 0.600. The summed E-state index contributed by atoms with van der Waals surface area (Å²) in [7, 11) is 0. The fourth-order valence-electron chi connectivity index (χ4n) is 3.72. The predicted octanol–water partition coefficient (Wildman–Crippen LogP) is -1.32. The number of aliphatic hydroxyl groups excluding tert-OH is 3. The summed E-state index contributed by atoms with van der Waals surface area (Å²) in [5, 5.41) is 32.3. The first-order valence-corrected chi connectivity index (χ1v) is 9.97. The van der Waals surface area contributed by atoms with E-state index in [0.717, 1.165) is 18.8 Å². The van der Waals surface area contributed by atoms with Gasteiger partial charge in [-0.3, -0.25) is 9.59 Å². The Bertz CT molecular complexity index is 736. The molecule has 166 valence electrons. The van der Waals surface area contributed by atoms with Crippen LogP contribution < -0.4 is 15.0 Å². The summed E-state index contributed by atoms with van der Waals surface area (Å²) in [6.07, 6.45) is -4.84. The molecule has 2 fully saturated rings. The highest BCUT2D eigenvalue weighted by atomic mass is 16.7. The highest BCUT2D eigenvalue weighted by molar-refractivity contribution is 5.74. The molecule has 0 aromatic heterocycles. The zero-order valence-corrected chi connectivity index (χ0v) is 17.1. The molecule has 4 N–H and O–H groups in total. The smallest absolute Gasteiger partial charge is 0.223 e. The molecule has 0 aliphatic carbocycles. The molecule has 0 radical (unpaired) electrons. The van der Waals surface area contributed by atoms with Crippen molar-refractivity contribution in [2.75, 3.05) is 37.7 Å². The fourth-order valence-corrected chi connectivity index (χ4v) is 3.72. The van der Waals surface area contributed by atoms with Crippen molar-refractivity contribution in [2.24, 2.45) is 0 Å². The quantitative estimate of drug-likeness (QED) is 0.459. The minimum atomic E-state index is -1.36. The first-order valence-electron chi connectivity index (χ1n) is 9.97. The van der Waals surface area contributed by atoms with E-state index in [0.29, 0.717) is 18.8 Å². The number of hydrogen-bond donors (Lipinski definition) is 4. The van der Waals surface area contributed by atoms with Crippen molar-refractivity contribution in [2.45, 2.75) is 44.5 Å². The molecule has 4 unspecified atom stereocenters. The molecule has 10 heteroatoms. The van der Waals surface area contributed by atoms with Gasteiger partial charge in [-0.25, -0.2) is 0 Å². The molecule has 30 heavy (non-hydrogen) atoms. The molecule has 2 saturated heterocycles. The molecular weight excluding hydrogens is 394 g/mol. The minimum Gasteiger partial charge on any atom is -0.463 e. The summed E-state index contributed by atoms with van der Waals surface area (Å²) in [6, 6.07) is 6.24. The Morgan fingerprint density at radius 2 is 1.73 bits per heavy atom. The maximum atomic E-state index is 11.5. The topological polar surface area (TPSA) is 132 Å². The summed E-state index contributed by atoms with van der Waals surface area (Å²) >= 11 is 0. The molecule has 2 heterocycles. The normalized spacial score (nSPS) is 29.4. The van der Waals surface area contributed by atoms with Crippen molar-refractivity contribution in [3.63, 3.8) is 0 Å². The van der Waals surface area contributed by atoms with Gasteiger partial charge in [-0.1, -0.05) is 0 Å². The van der Waals surface area contributed by atoms with Gasteiger partial charge >= 0.3 is 0 Å². The third-order valence-corrected chi connectivity index (χ3v) is 5.43. The Morgan fingerprint density at radius 1 is 1.10 bits per heavy atom. The van der Waals surface area contributed by atoms with Gasteiger partial charge in [0.2, 0.25) is 18.1 Å². The van der Waals surface area contributed by atoms with Crippen LogP contribution in [0.4, 0.5) is 5.69 Å². The summed E-state index contributed by atoms with van der Waals surface area (Å²) in [6.45, 7) is 5.16. The predicted molar refractivity (Wildman–Crippen MR) is 107 cm³/mol. The first kappa shape index (κ1) is 22.3. The second-order valence-electron chi connectivity index (χ2n) is 7.54. The number of benzene rings is 1. The molecule has 3 rings (SSSR count). The van der Waals surface area contributed by atoms with Gasteiger partial charge in [0.25, 0.3) is 0 Å². The molecule has 2 amide bonds. The molecular formula is C20H29N3O7. The molecule has 2 aliphatic rings. The number of amides is 2. The van der Waals surface area contributed by atoms with E-state index in [-0.39, 0.29) is 5.91 Å². The van der Waals surface area contributed by atoms with Crippen LogP contribution >= 0.6 is 0 Å². The van der Waals surface area contributed by atoms with E-state index in [4.69, 9.17) is 9.47 Å². The monoisotopic (exact) mass is 423 g/mol. The maximum absolute atomic E-state index is 11.5. The van der Waals surface area contributed by atoms with Crippen molar-refractivity contribution in [1.82, 2.24) is 10.2 Å². The van der Waals surface area contributed by atoms with Crippen LogP contribution in [-0.2, 0) is 14.3 Å². The average Bonchev–Trinajstić information content (AvgIpc) is 2.73. The zero-order valence-electron chi connectivity index (χ0n) is 17.1. The summed E-state index contributed by atoms with van der Waals surface area (Å²) in [5.74, 6) is 0.112. The van der Waals surface area contributed by atoms with Crippen molar-refractivity contribution in [1.29, 1.82) is 0 Å². The molecule has 1 aromatic carbocycles. The van der Waals surface area contributed by atoms with Crippen LogP contribution in [-0.4, -0.2) is 95.5 Å². The van der Waals surface area contributed by atoms with Gasteiger partial charge in [-0.05, 0) is 24.3 Å². The van der Waals surface area contributed by atoms with Gasteiger partial charge < -0.3 is 39.9 Å². The second-order valence-corrected chi connectivity index (χ2v) is 7.54. The summed E-state index contributed by atoms with van der Waals surface area (Å²) < 4.78 is 11.4. The molecule has 10 nitrogen and oxygen atoms in total. The largest absolute Gasteiger partial charge is 0.463 e. The summed E-state index contributed by atoms with van der Waals surface area (Å²) in [5.41, 5.74) is 0.984. The Morgan fingerprint density at radius 3 is 2.27 bits per heavy atom. The van der Waals surface area contributed by atoms with Gasteiger partial charge in [0, 0.05) is 45.7 Å². The number of anilines is 1. The van der Waals surface area contributed by atoms with E-state index in [2.05, 4.69) is 10.2 Å². The van der Waals surface area contributed by atoms with Gasteiger partial charge in [0.1, 0.15) is 30.1 Å². The number of carbonyl (C=O) groups excluding carboxylic acids is 2. The average molecular weight is 423 g/mol. The SMILES string of the molecule is CC(=O)N[C@@H]1C(Oc2ccc(N3CCN(C(C)=O)CC3)cc2)OC(CO)C(O)C1O. The number of rotatable bonds is 5. The van der Waals surface area contributed by atoms with Gasteiger partial charge in [-0.2, -0.15) is 0 Å². The lowest BCUT2D eigenvalue weighted by Gasteiger charge is -2.42. The number of nitrogens with one attached hydrogen (secondary N) is 1. The standard InChI is InChI=1S/C20H29N3O7/c1-12(25)21-17-19(28)18(27)16(11-24)30-20(17)29-15-5-3-14(4-6-15)23-9-7-22(8-10-23)13(2)26/h3-6,16-20,24,27-28H,7-11H2,1-2H3,(H,21,25)/t16?,17-,18?,19?,20?/m0/s1. The molecule has 5 atom stereocenters. The molecule has 0 spiro atoms.